The fourth-order valence-electron chi connectivity index (χ4n) is 0.871. The molecule has 0 saturated heterocycles. The van der Waals surface area contributed by atoms with E-state index < -0.39 is 0 Å². The largest absolute Gasteiger partial charge is 0.383 e. The fraction of sp³-hybridized carbons (Fsp3) is 1.00. The zero-order valence-electron chi connectivity index (χ0n) is 8.84. The second kappa shape index (κ2) is 9.92. The lowest BCUT2D eigenvalue weighted by atomic mass is 10.4. The predicted molar refractivity (Wildman–Crippen MR) is 52.0 cm³/mol. The quantitative estimate of drug-likeness (QED) is 0.531. The van der Waals surface area contributed by atoms with Crippen molar-refractivity contribution in [3.05, 3.63) is 0 Å². The Kier molecular flexibility index (Phi) is 9.80. The van der Waals surface area contributed by atoms with Gasteiger partial charge in [-0.2, -0.15) is 0 Å². The van der Waals surface area contributed by atoms with Gasteiger partial charge in [0, 0.05) is 27.3 Å². The van der Waals surface area contributed by atoms with Crippen molar-refractivity contribution in [1.82, 2.24) is 5.32 Å². The van der Waals surface area contributed by atoms with Gasteiger partial charge in [0.15, 0.2) is 0 Å². The number of nitrogens with one attached hydrogen (secondary N) is 1. The molecule has 0 amide bonds. The van der Waals surface area contributed by atoms with Crippen LogP contribution in [0, 0.1) is 0 Å². The molecule has 0 aliphatic carbocycles. The van der Waals surface area contributed by atoms with E-state index in [0.29, 0.717) is 13.2 Å². The molecule has 0 spiro atoms. The van der Waals surface area contributed by atoms with Gasteiger partial charge in [0.1, 0.15) is 0 Å². The standard InChI is InChI=1S/C9H21NO3/c1-9(13-7-6-12-3)8-10-4-5-11-2/h9-10H,4-8H2,1-3H3. The van der Waals surface area contributed by atoms with Gasteiger partial charge in [-0.15, -0.1) is 0 Å². The van der Waals surface area contributed by atoms with Gasteiger partial charge in [-0.1, -0.05) is 0 Å². The Balaban J connectivity index is 3.05. The highest BCUT2D eigenvalue weighted by Gasteiger charge is 1.99. The van der Waals surface area contributed by atoms with Crippen molar-refractivity contribution in [2.75, 3.05) is 47.1 Å². The summed E-state index contributed by atoms with van der Waals surface area (Å²) in [5.41, 5.74) is 0. The molecule has 13 heavy (non-hydrogen) atoms. The van der Waals surface area contributed by atoms with Crippen LogP contribution in [-0.2, 0) is 14.2 Å². The first-order valence-corrected chi connectivity index (χ1v) is 4.61. The van der Waals surface area contributed by atoms with Gasteiger partial charge in [-0.3, -0.25) is 0 Å². The highest BCUT2D eigenvalue weighted by molar-refractivity contribution is 4.54. The summed E-state index contributed by atoms with van der Waals surface area (Å²) in [4.78, 5) is 0. The van der Waals surface area contributed by atoms with Crippen molar-refractivity contribution in [3.8, 4) is 0 Å². The summed E-state index contributed by atoms with van der Waals surface area (Å²) in [7, 11) is 3.37. The minimum absolute atomic E-state index is 0.229. The van der Waals surface area contributed by atoms with Gasteiger partial charge in [-0.05, 0) is 6.92 Å². The van der Waals surface area contributed by atoms with E-state index >= 15 is 0 Å². The lowest BCUT2D eigenvalue weighted by Crippen LogP contribution is -2.30. The van der Waals surface area contributed by atoms with Crippen molar-refractivity contribution < 1.29 is 14.2 Å². The Hall–Kier alpha value is -0.160. The maximum atomic E-state index is 5.43. The summed E-state index contributed by atoms with van der Waals surface area (Å²) in [6.45, 7) is 5.81. The van der Waals surface area contributed by atoms with Crippen LogP contribution in [0.25, 0.3) is 0 Å². The summed E-state index contributed by atoms with van der Waals surface area (Å²) in [6.07, 6.45) is 0.229. The Bertz CT molecular complexity index is 101. The monoisotopic (exact) mass is 191 g/mol. The third-order valence-corrected chi connectivity index (χ3v) is 1.60. The van der Waals surface area contributed by atoms with Crippen LogP contribution in [0.3, 0.4) is 0 Å². The lowest BCUT2D eigenvalue weighted by molar-refractivity contribution is 0.0261. The van der Waals surface area contributed by atoms with E-state index in [0.717, 1.165) is 19.7 Å². The van der Waals surface area contributed by atoms with Crippen molar-refractivity contribution in [2.45, 2.75) is 13.0 Å². The van der Waals surface area contributed by atoms with E-state index in [9.17, 15) is 0 Å². The Labute approximate surface area is 80.5 Å². The molecule has 0 aliphatic rings. The van der Waals surface area contributed by atoms with Crippen molar-refractivity contribution >= 4 is 0 Å². The first kappa shape index (κ1) is 12.8. The van der Waals surface area contributed by atoms with Crippen molar-refractivity contribution in [3.63, 3.8) is 0 Å². The van der Waals surface area contributed by atoms with Crippen LogP contribution in [0.15, 0.2) is 0 Å². The van der Waals surface area contributed by atoms with Crippen LogP contribution >= 0.6 is 0 Å². The molecule has 1 unspecified atom stereocenters. The molecule has 80 valence electrons. The fourth-order valence-corrected chi connectivity index (χ4v) is 0.871. The zero-order chi connectivity index (χ0) is 9.94. The van der Waals surface area contributed by atoms with Crippen LogP contribution < -0.4 is 5.32 Å². The summed E-state index contributed by atoms with van der Waals surface area (Å²) < 4.78 is 15.2. The Morgan fingerprint density at radius 3 is 2.38 bits per heavy atom. The molecule has 0 bridgehead atoms. The van der Waals surface area contributed by atoms with Gasteiger partial charge in [-0.25, -0.2) is 0 Å². The molecular weight excluding hydrogens is 170 g/mol. The average Bonchev–Trinajstić information content (AvgIpc) is 2.13. The predicted octanol–water partition coefficient (Wildman–Crippen LogP) is 0.274. The van der Waals surface area contributed by atoms with Crippen LogP contribution in [0.2, 0.25) is 0 Å². The number of ether oxygens (including phenoxy) is 3. The van der Waals surface area contributed by atoms with E-state index in [-0.39, 0.29) is 6.10 Å². The van der Waals surface area contributed by atoms with Crippen LogP contribution in [0.1, 0.15) is 6.92 Å². The molecular formula is C9H21NO3. The van der Waals surface area contributed by atoms with Crippen LogP contribution in [0.4, 0.5) is 0 Å². The highest BCUT2D eigenvalue weighted by Crippen LogP contribution is 1.87. The van der Waals surface area contributed by atoms with E-state index in [1.54, 1.807) is 14.2 Å². The minimum atomic E-state index is 0.229. The normalized spacial score (nSPS) is 13.2. The summed E-state index contributed by atoms with van der Waals surface area (Å²) >= 11 is 0. The molecule has 0 aliphatic heterocycles. The topological polar surface area (TPSA) is 39.7 Å². The third kappa shape index (κ3) is 9.76. The molecule has 0 aromatic heterocycles. The zero-order valence-corrected chi connectivity index (χ0v) is 8.84. The lowest BCUT2D eigenvalue weighted by Gasteiger charge is -2.13. The van der Waals surface area contributed by atoms with Crippen molar-refractivity contribution in [1.29, 1.82) is 0 Å². The first-order valence-electron chi connectivity index (χ1n) is 4.61. The van der Waals surface area contributed by atoms with Crippen LogP contribution in [0.5, 0.6) is 0 Å². The van der Waals surface area contributed by atoms with Crippen LogP contribution in [-0.4, -0.2) is 53.2 Å². The molecule has 4 nitrogen and oxygen atoms in total. The molecule has 1 atom stereocenters. The molecule has 0 fully saturated rings. The molecule has 0 aromatic carbocycles. The van der Waals surface area contributed by atoms with Gasteiger partial charge in [0.2, 0.25) is 0 Å². The maximum absolute atomic E-state index is 5.43. The number of rotatable bonds is 9. The van der Waals surface area contributed by atoms with Gasteiger partial charge in [0.25, 0.3) is 0 Å². The SMILES string of the molecule is COCCNCC(C)OCCOC. The minimum Gasteiger partial charge on any atom is -0.383 e. The number of methoxy groups -OCH3 is 2. The summed E-state index contributed by atoms with van der Waals surface area (Å²) in [6, 6.07) is 0. The molecule has 1 N–H and O–H groups in total. The Morgan fingerprint density at radius 2 is 1.77 bits per heavy atom. The molecule has 0 rings (SSSR count). The molecule has 0 aromatic rings. The van der Waals surface area contributed by atoms with E-state index in [1.807, 2.05) is 6.92 Å². The van der Waals surface area contributed by atoms with Crippen molar-refractivity contribution in [2.24, 2.45) is 0 Å². The molecule has 0 heterocycles. The summed E-state index contributed by atoms with van der Waals surface area (Å²) in [5, 5.41) is 3.22. The summed E-state index contributed by atoms with van der Waals surface area (Å²) in [5.74, 6) is 0. The van der Waals surface area contributed by atoms with E-state index in [4.69, 9.17) is 14.2 Å². The number of hydrogen-bond donors (Lipinski definition) is 1. The third-order valence-electron chi connectivity index (χ3n) is 1.60. The smallest absolute Gasteiger partial charge is 0.0704 e. The highest BCUT2D eigenvalue weighted by atomic mass is 16.5. The van der Waals surface area contributed by atoms with Gasteiger partial charge >= 0.3 is 0 Å². The first-order chi connectivity index (χ1) is 6.31. The Morgan fingerprint density at radius 1 is 1.08 bits per heavy atom. The van der Waals surface area contributed by atoms with E-state index in [2.05, 4.69) is 5.32 Å². The molecule has 0 saturated carbocycles. The molecule has 4 heteroatoms. The van der Waals surface area contributed by atoms with Gasteiger partial charge < -0.3 is 19.5 Å². The maximum Gasteiger partial charge on any atom is 0.0704 e. The molecule has 0 radical (unpaired) electrons. The second-order valence-corrected chi connectivity index (χ2v) is 2.87. The van der Waals surface area contributed by atoms with E-state index in [1.165, 1.54) is 0 Å². The number of hydrogen-bond acceptors (Lipinski definition) is 4. The van der Waals surface area contributed by atoms with Gasteiger partial charge in [0.05, 0.1) is 25.9 Å². The average molecular weight is 191 g/mol. The second-order valence-electron chi connectivity index (χ2n) is 2.87.